The molecular formula is C15H22O4. The first-order valence-electron chi connectivity index (χ1n) is 6.53. The van der Waals surface area contributed by atoms with Crippen LogP contribution in [0.2, 0.25) is 0 Å². The summed E-state index contributed by atoms with van der Waals surface area (Å²) >= 11 is 0. The van der Waals surface area contributed by atoms with E-state index in [1.54, 1.807) is 21.3 Å². The predicted molar refractivity (Wildman–Crippen MR) is 72.4 cm³/mol. The smallest absolute Gasteiger partial charge is 0.169 e. The average molecular weight is 266 g/mol. The van der Waals surface area contributed by atoms with Crippen molar-refractivity contribution < 1.29 is 19.3 Å². The topological polar surface area (TPSA) is 47.9 Å². The van der Waals surface area contributed by atoms with Gasteiger partial charge in [0.1, 0.15) is 11.7 Å². The molecule has 2 aliphatic rings. The zero-order valence-corrected chi connectivity index (χ0v) is 11.8. The van der Waals surface area contributed by atoms with Gasteiger partial charge in [0, 0.05) is 12.7 Å². The molecule has 1 saturated carbocycles. The number of rotatable bonds is 6. The minimum atomic E-state index is -0.835. The molecule has 0 bridgehead atoms. The number of methoxy groups -OCH3 is 3. The molecule has 2 aliphatic carbocycles. The zero-order valence-electron chi connectivity index (χ0n) is 11.8. The van der Waals surface area contributed by atoms with E-state index >= 15 is 0 Å². The van der Waals surface area contributed by atoms with Crippen molar-refractivity contribution in [2.45, 2.75) is 31.0 Å². The van der Waals surface area contributed by atoms with Gasteiger partial charge in [-0.25, -0.2) is 0 Å². The lowest BCUT2D eigenvalue weighted by Crippen LogP contribution is -2.48. The summed E-state index contributed by atoms with van der Waals surface area (Å²) in [6, 6.07) is 0. The van der Waals surface area contributed by atoms with Crippen LogP contribution in [0.1, 0.15) is 19.3 Å². The molecule has 106 valence electrons. The second kappa shape index (κ2) is 5.39. The highest BCUT2D eigenvalue weighted by Gasteiger charge is 2.54. The van der Waals surface area contributed by atoms with Gasteiger partial charge in [0.25, 0.3) is 0 Å². The molecule has 0 aromatic rings. The second-order valence-electron chi connectivity index (χ2n) is 5.00. The maximum absolute atomic E-state index is 10.6. The SMILES string of the molecule is C=CCC1=CC(OC)(C2CC2)C(O)C(OC)=C1OC. The molecule has 0 aromatic carbocycles. The van der Waals surface area contributed by atoms with Crippen LogP contribution >= 0.6 is 0 Å². The van der Waals surface area contributed by atoms with Crippen LogP contribution in [0.3, 0.4) is 0 Å². The molecule has 0 aliphatic heterocycles. The first-order valence-corrected chi connectivity index (χ1v) is 6.53. The molecular weight excluding hydrogens is 244 g/mol. The lowest BCUT2D eigenvalue weighted by molar-refractivity contribution is -0.0899. The molecule has 19 heavy (non-hydrogen) atoms. The van der Waals surface area contributed by atoms with Crippen molar-refractivity contribution >= 4 is 0 Å². The molecule has 0 amide bonds. The van der Waals surface area contributed by atoms with Crippen LogP contribution in [0.15, 0.2) is 35.8 Å². The normalized spacial score (nSPS) is 30.9. The molecule has 1 fully saturated rings. The van der Waals surface area contributed by atoms with Crippen molar-refractivity contribution in [2.24, 2.45) is 5.92 Å². The number of ether oxygens (including phenoxy) is 3. The van der Waals surface area contributed by atoms with Crippen LogP contribution in [-0.4, -0.2) is 38.1 Å². The Bertz CT molecular complexity index is 420. The van der Waals surface area contributed by atoms with Gasteiger partial charge >= 0.3 is 0 Å². The quantitative estimate of drug-likeness (QED) is 0.748. The summed E-state index contributed by atoms with van der Waals surface area (Å²) in [4.78, 5) is 0. The molecule has 0 heterocycles. The van der Waals surface area contributed by atoms with Gasteiger partial charge in [0.15, 0.2) is 11.5 Å². The van der Waals surface area contributed by atoms with Crippen LogP contribution in [0.25, 0.3) is 0 Å². The Kier molecular flexibility index (Phi) is 4.02. The Morgan fingerprint density at radius 2 is 2.05 bits per heavy atom. The van der Waals surface area contributed by atoms with E-state index in [2.05, 4.69) is 6.58 Å². The Labute approximate surface area is 114 Å². The summed E-state index contributed by atoms with van der Waals surface area (Å²) in [5.74, 6) is 1.36. The minimum Gasteiger partial charge on any atom is -0.494 e. The van der Waals surface area contributed by atoms with E-state index in [0.717, 1.165) is 18.4 Å². The fourth-order valence-electron chi connectivity index (χ4n) is 2.86. The molecule has 1 N–H and O–H groups in total. The Balaban J connectivity index is 2.49. The van der Waals surface area contributed by atoms with Crippen LogP contribution < -0.4 is 0 Å². The number of allylic oxidation sites excluding steroid dienone is 2. The number of aliphatic hydroxyl groups is 1. The van der Waals surface area contributed by atoms with Crippen LogP contribution in [0, 0.1) is 5.92 Å². The van der Waals surface area contributed by atoms with Gasteiger partial charge in [0.05, 0.1) is 14.2 Å². The number of aliphatic hydroxyl groups excluding tert-OH is 1. The highest BCUT2D eigenvalue weighted by Crippen LogP contribution is 2.49. The third-order valence-corrected chi connectivity index (χ3v) is 3.95. The van der Waals surface area contributed by atoms with E-state index < -0.39 is 11.7 Å². The summed E-state index contributed by atoms with van der Waals surface area (Å²) in [6.45, 7) is 3.76. The van der Waals surface area contributed by atoms with E-state index in [1.165, 1.54) is 0 Å². The number of hydrogen-bond donors (Lipinski definition) is 1. The molecule has 0 aromatic heterocycles. The summed E-state index contributed by atoms with van der Waals surface area (Å²) in [5, 5.41) is 10.6. The van der Waals surface area contributed by atoms with Crippen molar-refractivity contribution in [3.63, 3.8) is 0 Å². The largest absolute Gasteiger partial charge is 0.494 e. The summed E-state index contributed by atoms with van der Waals surface area (Å²) in [5.41, 5.74) is 0.250. The standard InChI is InChI=1S/C15H22O4/c1-5-6-10-9-15(19-4,11-7-8-11)14(16)13(18-3)12(10)17-2/h5,9,11,14,16H,1,6-8H2,2-4H3. The van der Waals surface area contributed by atoms with Crippen molar-refractivity contribution in [1.82, 2.24) is 0 Å². The van der Waals surface area contributed by atoms with Gasteiger partial charge in [-0.1, -0.05) is 6.08 Å². The third-order valence-electron chi connectivity index (χ3n) is 3.95. The molecule has 0 saturated heterocycles. The summed E-state index contributed by atoms with van der Waals surface area (Å²) < 4.78 is 16.4. The second-order valence-corrected chi connectivity index (χ2v) is 5.00. The Morgan fingerprint density at radius 3 is 2.47 bits per heavy atom. The monoisotopic (exact) mass is 266 g/mol. The highest BCUT2D eigenvalue weighted by molar-refractivity contribution is 5.42. The minimum absolute atomic E-state index is 0.330. The first-order chi connectivity index (χ1) is 9.14. The van der Waals surface area contributed by atoms with E-state index in [0.29, 0.717) is 23.9 Å². The molecule has 2 unspecified atom stereocenters. The predicted octanol–water partition coefficient (Wildman–Crippen LogP) is 2.16. The van der Waals surface area contributed by atoms with Crippen molar-refractivity contribution in [2.75, 3.05) is 21.3 Å². The molecule has 2 rings (SSSR count). The lowest BCUT2D eigenvalue weighted by Gasteiger charge is -2.39. The number of hydrogen-bond acceptors (Lipinski definition) is 4. The molecule has 2 atom stereocenters. The maximum Gasteiger partial charge on any atom is 0.169 e. The summed E-state index contributed by atoms with van der Waals surface area (Å²) in [6.07, 6.45) is 5.73. The highest BCUT2D eigenvalue weighted by atomic mass is 16.5. The van der Waals surface area contributed by atoms with Crippen LogP contribution in [0.4, 0.5) is 0 Å². The maximum atomic E-state index is 10.6. The van der Waals surface area contributed by atoms with E-state index in [-0.39, 0.29) is 0 Å². The zero-order chi connectivity index (χ0) is 14.0. The molecule has 4 heteroatoms. The summed E-state index contributed by atoms with van der Waals surface area (Å²) in [7, 11) is 4.76. The molecule has 4 nitrogen and oxygen atoms in total. The van der Waals surface area contributed by atoms with E-state index in [9.17, 15) is 5.11 Å². The Morgan fingerprint density at radius 1 is 1.37 bits per heavy atom. The van der Waals surface area contributed by atoms with Crippen molar-refractivity contribution in [1.29, 1.82) is 0 Å². The van der Waals surface area contributed by atoms with Gasteiger partial charge in [-0.2, -0.15) is 0 Å². The lowest BCUT2D eigenvalue weighted by atomic mass is 9.81. The van der Waals surface area contributed by atoms with Crippen molar-refractivity contribution in [3.05, 3.63) is 35.8 Å². The fraction of sp³-hybridized carbons (Fsp3) is 0.600. The van der Waals surface area contributed by atoms with Gasteiger partial charge in [-0.3, -0.25) is 0 Å². The van der Waals surface area contributed by atoms with Gasteiger partial charge in [-0.05, 0) is 31.3 Å². The van der Waals surface area contributed by atoms with Gasteiger partial charge in [0.2, 0.25) is 0 Å². The molecule has 0 radical (unpaired) electrons. The molecule has 0 spiro atoms. The van der Waals surface area contributed by atoms with Crippen LogP contribution in [0.5, 0.6) is 0 Å². The average Bonchev–Trinajstić information content (AvgIpc) is 3.25. The van der Waals surface area contributed by atoms with Crippen molar-refractivity contribution in [3.8, 4) is 0 Å². The first kappa shape index (κ1) is 14.2. The fourth-order valence-corrected chi connectivity index (χ4v) is 2.86. The van der Waals surface area contributed by atoms with E-state index in [4.69, 9.17) is 14.2 Å². The van der Waals surface area contributed by atoms with E-state index in [1.807, 2.05) is 12.2 Å². The van der Waals surface area contributed by atoms with Crippen LogP contribution in [-0.2, 0) is 14.2 Å². The third kappa shape index (κ3) is 2.19. The van der Waals surface area contributed by atoms with Gasteiger partial charge in [-0.15, -0.1) is 6.58 Å². The Hall–Kier alpha value is -1.26. The van der Waals surface area contributed by atoms with Gasteiger partial charge < -0.3 is 19.3 Å².